The number of aromatic amines is 1. The molecule has 316 valence electrons. The van der Waals surface area contributed by atoms with E-state index in [1.54, 1.807) is 11.2 Å². The molecule has 1 atom stereocenters. The Balaban J connectivity index is 0.757. The Labute approximate surface area is 350 Å². The molecule has 0 aliphatic carbocycles. The third-order valence-corrected chi connectivity index (χ3v) is 13.0. The SMILES string of the molecule is C[C@@H](NC(=O)c1nc(C(C)(C)C)no1)C1CCN(c2ncnc3[nH]c4cc(N5CCN(CC6CCN(c7ccc(N8CCC(=O)NC8=O)cc7)CC6)CC5)ccc4c23)CC1. The first kappa shape index (κ1) is 39.7. The molecule has 0 unspecified atom stereocenters. The predicted molar refractivity (Wildman–Crippen MR) is 232 cm³/mol. The molecule has 4 aliphatic rings. The number of nitrogens with one attached hydrogen (secondary N) is 3. The van der Waals surface area contributed by atoms with Crippen molar-refractivity contribution >= 4 is 62.7 Å². The van der Waals surface area contributed by atoms with Crippen molar-refractivity contribution in [3.8, 4) is 0 Å². The van der Waals surface area contributed by atoms with E-state index in [1.165, 1.54) is 11.4 Å². The maximum atomic E-state index is 12.9. The number of anilines is 4. The minimum absolute atomic E-state index is 0.00990. The second kappa shape index (κ2) is 16.4. The summed E-state index contributed by atoms with van der Waals surface area (Å²) in [5.41, 5.74) is 4.86. The number of carbonyl (C=O) groups excluding carboxylic acids is 3. The number of H-pyrrole nitrogens is 1. The fourth-order valence-corrected chi connectivity index (χ4v) is 9.34. The molecule has 4 saturated heterocycles. The smallest absolute Gasteiger partial charge is 0.328 e. The van der Waals surface area contributed by atoms with Gasteiger partial charge in [0.1, 0.15) is 17.8 Å². The third-order valence-electron chi connectivity index (χ3n) is 13.0. The average molecular weight is 817 g/mol. The second-order valence-electron chi connectivity index (χ2n) is 18.0. The molecule has 0 bridgehead atoms. The quantitative estimate of drug-likeness (QED) is 0.175. The fraction of sp³-hybridized carbons (Fsp3) is 0.523. The van der Waals surface area contributed by atoms with Gasteiger partial charge in [-0.2, -0.15) is 4.98 Å². The molecule has 7 heterocycles. The number of carbonyl (C=O) groups is 3. The molecule has 16 heteroatoms. The van der Waals surface area contributed by atoms with E-state index in [1.807, 2.05) is 32.9 Å². The lowest BCUT2D eigenvalue weighted by molar-refractivity contribution is -0.120. The van der Waals surface area contributed by atoms with Crippen LogP contribution in [0, 0.1) is 11.8 Å². The number of amides is 4. The Morgan fingerprint density at radius 3 is 2.23 bits per heavy atom. The highest BCUT2D eigenvalue weighted by molar-refractivity contribution is 6.12. The van der Waals surface area contributed by atoms with Gasteiger partial charge in [0, 0.05) is 111 Å². The molecule has 2 aromatic carbocycles. The van der Waals surface area contributed by atoms with Crippen LogP contribution in [0.1, 0.15) is 76.3 Å². The minimum Gasteiger partial charge on any atom is -0.372 e. The summed E-state index contributed by atoms with van der Waals surface area (Å²) in [7, 11) is 0. The van der Waals surface area contributed by atoms with Crippen molar-refractivity contribution in [1.29, 1.82) is 0 Å². The van der Waals surface area contributed by atoms with Crippen molar-refractivity contribution in [2.24, 2.45) is 11.8 Å². The average Bonchev–Trinajstić information content (AvgIpc) is 3.91. The van der Waals surface area contributed by atoms with Crippen LogP contribution in [0.5, 0.6) is 0 Å². The molecule has 0 saturated carbocycles. The van der Waals surface area contributed by atoms with E-state index in [9.17, 15) is 14.4 Å². The van der Waals surface area contributed by atoms with Gasteiger partial charge in [-0.05, 0) is 86.9 Å². The van der Waals surface area contributed by atoms with Gasteiger partial charge in [0.25, 0.3) is 0 Å². The van der Waals surface area contributed by atoms with Crippen molar-refractivity contribution in [3.63, 3.8) is 0 Å². The number of piperidine rings is 2. The van der Waals surface area contributed by atoms with Crippen LogP contribution in [-0.2, 0) is 10.2 Å². The number of rotatable bonds is 9. The van der Waals surface area contributed by atoms with Gasteiger partial charge in [0.05, 0.1) is 5.39 Å². The van der Waals surface area contributed by atoms with Crippen molar-refractivity contribution in [2.75, 3.05) is 85.0 Å². The Kier molecular flexibility index (Phi) is 10.8. The molecule has 0 spiro atoms. The van der Waals surface area contributed by atoms with Crippen LogP contribution < -0.4 is 30.2 Å². The van der Waals surface area contributed by atoms with Crippen LogP contribution in [0.2, 0.25) is 0 Å². The summed E-state index contributed by atoms with van der Waals surface area (Å²) in [6.07, 6.45) is 6.15. The van der Waals surface area contributed by atoms with Crippen LogP contribution in [0.4, 0.5) is 27.7 Å². The largest absolute Gasteiger partial charge is 0.372 e. The topological polar surface area (TPSA) is 172 Å². The van der Waals surface area contributed by atoms with Gasteiger partial charge in [-0.3, -0.25) is 24.7 Å². The lowest BCUT2D eigenvalue weighted by Gasteiger charge is -2.40. The molecule has 4 amide bonds. The van der Waals surface area contributed by atoms with Crippen LogP contribution in [-0.4, -0.2) is 119 Å². The number of benzene rings is 2. The molecule has 60 heavy (non-hydrogen) atoms. The molecule has 16 nitrogen and oxygen atoms in total. The zero-order valence-electron chi connectivity index (χ0n) is 35.1. The fourth-order valence-electron chi connectivity index (χ4n) is 9.34. The van der Waals surface area contributed by atoms with Gasteiger partial charge in [-0.25, -0.2) is 14.8 Å². The number of piperazine rings is 1. The Morgan fingerprint density at radius 2 is 1.53 bits per heavy atom. The summed E-state index contributed by atoms with van der Waals surface area (Å²) in [6, 6.07) is 14.5. The first-order chi connectivity index (χ1) is 29.0. The van der Waals surface area contributed by atoms with Crippen LogP contribution >= 0.6 is 0 Å². The van der Waals surface area contributed by atoms with Gasteiger partial charge >= 0.3 is 17.8 Å². The highest BCUT2D eigenvalue weighted by atomic mass is 16.5. The summed E-state index contributed by atoms with van der Waals surface area (Å²) < 4.78 is 5.27. The van der Waals surface area contributed by atoms with E-state index in [0.29, 0.717) is 30.6 Å². The normalized spacial score (nSPS) is 19.7. The van der Waals surface area contributed by atoms with Crippen LogP contribution in [0.3, 0.4) is 0 Å². The Hall–Kier alpha value is -5.77. The summed E-state index contributed by atoms with van der Waals surface area (Å²) in [5, 5.41) is 11.7. The van der Waals surface area contributed by atoms with E-state index in [-0.39, 0.29) is 35.2 Å². The van der Waals surface area contributed by atoms with E-state index in [4.69, 9.17) is 9.51 Å². The van der Waals surface area contributed by atoms with Crippen molar-refractivity contribution in [1.82, 2.24) is 40.6 Å². The summed E-state index contributed by atoms with van der Waals surface area (Å²) in [6.45, 7) is 17.4. The minimum atomic E-state index is -0.348. The molecule has 3 aromatic heterocycles. The van der Waals surface area contributed by atoms with Crippen molar-refractivity contribution < 1.29 is 18.9 Å². The predicted octanol–water partition coefficient (Wildman–Crippen LogP) is 5.31. The molecular formula is C44H56N12O4. The maximum Gasteiger partial charge on any atom is 0.328 e. The van der Waals surface area contributed by atoms with Gasteiger partial charge in [0.2, 0.25) is 5.91 Å². The number of fused-ring (bicyclic) bond motifs is 3. The Morgan fingerprint density at radius 1 is 0.850 bits per heavy atom. The molecule has 3 N–H and O–H groups in total. The first-order valence-electron chi connectivity index (χ1n) is 21.6. The summed E-state index contributed by atoms with van der Waals surface area (Å²) in [5.74, 6) is 1.94. The first-order valence-corrected chi connectivity index (χ1v) is 21.6. The summed E-state index contributed by atoms with van der Waals surface area (Å²) >= 11 is 0. The highest BCUT2D eigenvalue weighted by Crippen LogP contribution is 2.36. The molecular weight excluding hydrogens is 761 g/mol. The Bertz CT molecular complexity index is 2350. The molecule has 9 rings (SSSR count). The lowest BCUT2D eigenvalue weighted by atomic mass is 9.90. The molecule has 4 aliphatic heterocycles. The molecule has 4 fully saturated rings. The van der Waals surface area contributed by atoms with Gasteiger partial charge in [0.15, 0.2) is 5.82 Å². The van der Waals surface area contributed by atoms with Crippen molar-refractivity contribution in [2.45, 2.75) is 71.3 Å². The van der Waals surface area contributed by atoms with Crippen LogP contribution in [0.25, 0.3) is 21.9 Å². The zero-order valence-corrected chi connectivity index (χ0v) is 35.1. The molecule has 0 radical (unpaired) electrons. The monoisotopic (exact) mass is 816 g/mol. The van der Waals surface area contributed by atoms with E-state index in [0.717, 1.165) is 118 Å². The van der Waals surface area contributed by atoms with E-state index < -0.39 is 0 Å². The van der Waals surface area contributed by atoms with Gasteiger partial charge in [-0.15, -0.1) is 0 Å². The zero-order chi connectivity index (χ0) is 41.5. The van der Waals surface area contributed by atoms with E-state index >= 15 is 0 Å². The van der Waals surface area contributed by atoms with Gasteiger partial charge in [-0.1, -0.05) is 25.9 Å². The highest BCUT2D eigenvalue weighted by Gasteiger charge is 2.31. The maximum absolute atomic E-state index is 12.9. The third kappa shape index (κ3) is 8.21. The number of hydrogen-bond acceptors (Lipinski definition) is 12. The van der Waals surface area contributed by atoms with Crippen LogP contribution in [0.15, 0.2) is 53.3 Å². The number of aromatic nitrogens is 5. The van der Waals surface area contributed by atoms with E-state index in [2.05, 4.69) is 87.6 Å². The second-order valence-corrected chi connectivity index (χ2v) is 18.0. The standard InChI is InChI=1S/C44H56N12O4/c1-28(47-40(58)41-50-42(51-60-41)44(2,3)4)30-13-18-55(19-14-30)39-37-34-10-9-33(25-35(34)48-38(37)45-27-46-39)54-23-21-52(22-24-54)26-29-11-16-53(17-12-29)31-5-7-32(8-6-31)56-20-15-36(57)49-43(56)59/h5-10,25,27-30H,11-24,26H2,1-4H3,(H,47,58)(H,45,46,48)(H,49,57,59)/t28-/m1/s1. The summed E-state index contributed by atoms with van der Waals surface area (Å²) in [4.78, 5) is 65.6. The van der Waals surface area contributed by atoms with Crippen molar-refractivity contribution in [3.05, 3.63) is 60.5 Å². The number of hydrogen-bond donors (Lipinski definition) is 3. The lowest BCUT2D eigenvalue weighted by Crippen LogP contribution is -2.49. The van der Waals surface area contributed by atoms with Gasteiger partial charge < -0.3 is 29.5 Å². The number of urea groups is 1. The number of imide groups is 1. The molecule has 5 aromatic rings. The number of nitrogens with zero attached hydrogens (tertiary/aromatic N) is 9.